The van der Waals surface area contributed by atoms with E-state index in [2.05, 4.69) is 10.3 Å². The molecule has 0 radical (unpaired) electrons. The summed E-state index contributed by atoms with van der Waals surface area (Å²) in [7, 11) is 0. The fourth-order valence-electron chi connectivity index (χ4n) is 3.55. The number of primary amides is 1. The number of aromatic nitrogens is 2. The number of rotatable bonds is 5. The highest BCUT2D eigenvalue weighted by molar-refractivity contribution is 5.90. The Labute approximate surface area is 170 Å². The SMILES string of the molecule is Cc1c(N[C@@H](C)C(N)=O)ccc2c1OCCn1cc(N3C(=O)OCC3C(F)F)nc1-2. The highest BCUT2D eigenvalue weighted by Gasteiger charge is 2.42. The number of ether oxygens (including phenoxy) is 2. The zero-order chi connectivity index (χ0) is 21.6. The first-order valence-electron chi connectivity index (χ1n) is 9.42. The van der Waals surface area contributed by atoms with Gasteiger partial charge < -0.3 is 25.1 Å². The zero-order valence-electron chi connectivity index (χ0n) is 16.4. The molecular formula is C19H21F2N5O4. The van der Waals surface area contributed by atoms with Gasteiger partial charge in [-0.15, -0.1) is 0 Å². The van der Waals surface area contributed by atoms with Gasteiger partial charge in [0.1, 0.15) is 36.9 Å². The van der Waals surface area contributed by atoms with Gasteiger partial charge in [-0.05, 0) is 26.0 Å². The van der Waals surface area contributed by atoms with E-state index >= 15 is 0 Å². The second-order valence-electron chi connectivity index (χ2n) is 7.20. The van der Waals surface area contributed by atoms with Crippen molar-refractivity contribution in [2.24, 2.45) is 5.73 Å². The third-order valence-electron chi connectivity index (χ3n) is 5.23. The minimum atomic E-state index is -2.75. The van der Waals surface area contributed by atoms with E-state index in [4.69, 9.17) is 15.2 Å². The highest BCUT2D eigenvalue weighted by atomic mass is 19.3. The van der Waals surface area contributed by atoms with Gasteiger partial charge >= 0.3 is 6.09 Å². The summed E-state index contributed by atoms with van der Waals surface area (Å²) in [4.78, 5) is 28.7. The Morgan fingerprint density at radius 3 is 2.83 bits per heavy atom. The van der Waals surface area contributed by atoms with E-state index in [0.717, 1.165) is 10.5 Å². The van der Waals surface area contributed by atoms with E-state index in [-0.39, 0.29) is 12.4 Å². The Hall–Kier alpha value is -3.37. The molecule has 0 aliphatic carbocycles. The minimum absolute atomic E-state index is 0.104. The average molecular weight is 421 g/mol. The number of alkyl halides is 2. The molecule has 3 N–H and O–H groups in total. The quantitative estimate of drug-likeness (QED) is 0.765. The summed E-state index contributed by atoms with van der Waals surface area (Å²) in [6.07, 6.45) is -2.05. The van der Waals surface area contributed by atoms with E-state index in [1.165, 1.54) is 0 Å². The molecule has 11 heteroatoms. The molecule has 1 unspecified atom stereocenters. The van der Waals surface area contributed by atoms with Crippen molar-refractivity contribution in [1.82, 2.24) is 9.55 Å². The summed E-state index contributed by atoms with van der Waals surface area (Å²) in [6, 6.07) is 1.58. The second-order valence-corrected chi connectivity index (χ2v) is 7.20. The monoisotopic (exact) mass is 421 g/mol. The molecule has 160 valence electrons. The molecule has 1 aromatic heterocycles. The molecule has 1 aromatic carbocycles. The molecule has 0 saturated carbocycles. The first-order valence-corrected chi connectivity index (χ1v) is 9.42. The molecule has 2 aliphatic rings. The Kier molecular flexibility index (Phi) is 4.96. The first kappa shape index (κ1) is 19.9. The van der Waals surface area contributed by atoms with Gasteiger partial charge in [0, 0.05) is 17.4 Å². The van der Waals surface area contributed by atoms with Crippen LogP contribution in [0.25, 0.3) is 11.4 Å². The van der Waals surface area contributed by atoms with E-state index < -0.39 is 30.5 Å². The molecule has 2 atom stereocenters. The van der Waals surface area contributed by atoms with Gasteiger partial charge in [-0.25, -0.2) is 23.5 Å². The number of halogens is 2. The molecule has 9 nitrogen and oxygen atoms in total. The minimum Gasteiger partial charge on any atom is -0.491 e. The van der Waals surface area contributed by atoms with Crippen molar-refractivity contribution in [1.29, 1.82) is 0 Å². The lowest BCUT2D eigenvalue weighted by molar-refractivity contribution is -0.118. The molecule has 1 saturated heterocycles. The third-order valence-corrected chi connectivity index (χ3v) is 5.23. The van der Waals surface area contributed by atoms with Gasteiger partial charge in [-0.1, -0.05) is 0 Å². The molecule has 1 fully saturated rings. The number of nitrogens with one attached hydrogen (secondary N) is 1. The second kappa shape index (κ2) is 7.47. The largest absolute Gasteiger partial charge is 0.491 e. The maximum Gasteiger partial charge on any atom is 0.416 e. The van der Waals surface area contributed by atoms with Crippen LogP contribution in [0, 0.1) is 6.92 Å². The number of nitrogens with two attached hydrogens (primary N) is 1. The van der Waals surface area contributed by atoms with Crippen LogP contribution in [0.4, 0.5) is 25.1 Å². The Morgan fingerprint density at radius 2 is 2.13 bits per heavy atom. The smallest absolute Gasteiger partial charge is 0.416 e. The van der Waals surface area contributed by atoms with Gasteiger partial charge in [-0.3, -0.25) is 4.79 Å². The fourth-order valence-corrected chi connectivity index (χ4v) is 3.55. The number of fused-ring (bicyclic) bond motifs is 3. The number of hydrogen-bond acceptors (Lipinski definition) is 6. The lowest BCUT2D eigenvalue weighted by Gasteiger charge is -2.18. The molecule has 0 bridgehead atoms. The molecule has 2 amide bonds. The highest BCUT2D eigenvalue weighted by Crippen LogP contribution is 2.40. The number of imidazole rings is 1. The summed E-state index contributed by atoms with van der Waals surface area (Å²) >= 11 is 0. The predicted molar refractivity (Wildman–Crippen MR) is 104 cm³/mol. The molecule has 30 heavy (non-hydrogen) atoms. The summed E-state index contributed by atoms with van der Waals surface area (Å²) in [5.74, 6) is 0.661. The van der Waals surface area contributed by atoms with E-state index in [1.807, 2.05) is 6.92 Å². The Morgan fingerprint density at radius 1 is 1.37 bits per heavy atom. The van der Waals surface area contributed by atoms with Gasteiger partial charge in [0.25, 0.3) is 6.43 Å². The maximum absolute atomic E-state index is 13.3. The van der Waals surface area contributed by atoms with Crippen molar-refractivity contribution >= 4 is 23.5 Å². The summed E-state index contributed by atoms with van der Waals surface area (Å²) in [5.41, 5.74) is 7.41. The van der Waals surface area contributed by atoms with E-state index in [9.17, 15) is 18.4 Å². The Bertz CT molecular complexity index is 1010. The van der Waals surface area contributed by atoms with E-state index in [0.29, 0.717) is 36.0 Å². The van der Waals surface area contributed by atoms with Crippen molar-refractivity contribution in [3.05, 3.63) is 23.9 Å². The van der Waals surface area contributed by atoms with Gasteiger partial charge in [0.2, 0.25) is 5.91 Å². The zero-order valence-corrected chi connectivity index (χ0v) is 16.4. The van der Waals surface area contributed by atoms with Crippen LogP contribution < -0.4 is 20.7 Å². The number of cyclic esters (lactones) is 1. The number of nitrogens with zero attached hydrogens (tertiary/aromatic N) is 3. The van der Waals surface area contributed by atoms with Crippen LogP contribution >= 0.6 is 0 Å². The van der Waals surface area contributed by atoms with Crippen molar-refractivity contribution in [2.45, 2.75) is 38.9 Å². The third kappa shape index (κ3) is 3.29. The molecular weight excluding hydrogens is 400 g/mol. The van der Waals surface area contributed by atoms with Crippen LogP contribution in [0.1, 0.15) is 12.5 Å². The van der Waals surface area contributed by atoms with E-state index in [1.54, 1.807) is 29.8 Å². The molecule has 4 rings (SSSR count). The molecule has 0 spiro atoms. The van der Waals surface area contributed by atoms with Crippen molar-refractivity contribution < 1.29 is 27.8 Å². The van der Waals surface area contributed by atoms with Crippen LogP contribution in [-0.2, 0) is 16.1 Å². The van der Waals surface area contributed by atoms with Crippen molar-refractivity contribution in [3.8, 4) is 17.1 Å². The van der Waals surface area contributed by atoms with Gasteiger partial charge in [0.05, 0.1) is 12.1 Å². The van der Waals surface area contributed by atoms with Gasteiger partial charge in [0.15, 0.2) is 5.82 Å². The average Bonchev–Trinajstić information content (AvgIpc) is 3.23. The number of carbonyl (C=O) groups is 2. The number of amides is 2. The number of hydrogen-bond donors (Lipinski definition) is 2. The summed E-state index contributed by atoms with van der Waals surface area (Å²) in [5, 5.41) is 3.04. The lowest BCUT2D eigenvalue weighted by atomic mass is 10.1. The molecule has 3 heterocycles. The van der Waals surface area contributed by atoms with Crippen molar-refractivity contribution in [3.63, 3.8) is 0 Å². The lowest BCUT2D eigenvalue weighted by Crippen LogP contribution is -2.38. The summed E-state index contributed by atoms with van der Waals surface area (Å²) < 4.78 is 39.1. The van der Waals surface area contributed by atoms with Crippen LogP contribution in [-0.4, -0.2) is 53.3 Å². The maximum atomic E-state index is 13.3. The first-order chi connectivity index (χ1) is 14.3. The molecule has 2 aliphatic heterocycles. The number of benzene rings is 1. The molecule has 2 aromatic rings. The van der Waals surface area contributed by atoms with Crippen LogP contribution in [0.5, 0.6) is 5.75 Å². The summed E-state index contributed by atoms with van der Waals surface area (Å²) in [6.45, 7) is 3.83. The number of anilines is 2. The fraction of sp³-hybridized carbons (Fsp3) is 0.421. The topological polar surface area (TPSA) is 112 Å². The number of carbonyl (C=O) groups excluding carboxylic acids is 2. The normalized spacial score (nSPS) is 18.9. The van der Waals surface area contributed by atoms with Crippen molar-refractivity contribution in [2.75, 3.05) is 23.4 Å². The van der Waals surface area contributed by atoms with Crippen LogP contribution in [0.15, 0.2) is 18.3 Å². The predicted octanol–water partition coefficient (Wildman–Crippen LogP) is 2.13. The van der Waals surface area contributed by atoms with Crippen LogP contribution in [0.2, 0.25) is 0 Å². The standard InChI is InChI=1S/C19H21F2N5O4/c1-9-12(23-10(2)17(22)27)4-3-11-15(9)29-6-5-25-7-14(24-18(11)25)26-13(16(20)21)8-30-19(26)28/h3-4,7,10,13,16,23H,5-6,8H2,1-2H3,(H2,22,27)/t10-,13?/m0/s1. The van der Waals surface area contributed by atoms with Crippen LogP contribution in [0.3, 0.4) is 0 Å². The Balaban J connectivity index is 1.73. The van der Waals surface area contributed by atoms with Gasteiger partial charge in [-0.2, -0.15) is 0 Å².